The SMILES string of the molecule is c1ccc2c(-c3ccc(N(c4cccc5cc6oc7ccccc7c6cc45)c4cccc5c4sc4ccccc45)cc3)cccc2c1. The summed E-state index contributed by atoms with van der Waals surface area (Å²) in [6.07, 6.45) is 0. The van der Waals surface area contributed by atoms with Crippen molar-refractivity contribution in [2.75, 3.05) is 4.90 Å². The lowest BCUT2D eigenvalue weighted by atomic mass is 9.98. The van der Waals surface area contributed by atoms with Crippen LogP contribution in [0.1, 0.15) is 0 Å². The third-order valence-corrected chi connectivity index (χ3v) is 10.7. The van der Waals surface area contributed by atoms with Crippen molar-refractivity contribution in [2.24, 2.45) is 0 Å². The van der Waals surface area contributed by atoms with E-state index in [1.807, 2.05) is 23.5 Å². The van der Waals surface area contributed by atoms with Crippen LogP contribution in [0.2, 0.25) is 0 Å². The van der Waals surface area contributed by atoms with E-state index in [4.69, 9.17) is 4.42 Å². The van der Waals surface area contributed by atoms with Crippen molar-refractivity contribution in [3.63, 3.8) is 0 Å². The summed E-state index contributed by atoms with van der Waals surface area (Å²) in [5.74, 6) is 0. The summed E-state index contributed by atoms with van der Waals surface area (Å²) in [6.45, 7) is 0. The van der Waals surface area contributed by atoms with E-state index in [-0.39, 0.29) is 0 Å². The number of hydrogen-bond acceptors (Lipinski definition) is 3. The molecule has 220 valence electrons. The lowest BCUT2D eigenvalue weighted by Gasteiger charge is -2.27. The van der Waals surface area contributed by atoms with E-state index in [9.17, 15) is 0 Å². The molecule has 10 rings (SSSR count). The Kier molecular flexibility index (Phi) is 5.78. The lowest BCUT2D eigenvalue weighted by molar-refractivity contribution is 0.669. The molecule has 2 nitrogen and oxygen atoms in total. The van der Waals surface area contributed by atoms with E-state index < -0.39 is 0 Å². The summed E-state index contributed by atoms with van der Waals surface area (Å²) in [6, 6.07) is 59.1. The Bertz CT molecular complexity index is 2800. The molecular weight excluding hydrogens is 591 g/mol. The molecule has 0 bridgehead atoms. The normalized spacial score (nSPS) is 11.8. The Morgan fingerprint density at radius 3 is 2.02 bits per heavy atom. The number of furan rings is 1. The predicted molar refractivity (Wildman–Crippen MR) is 202 cm³/mol. The van der Waals surface area contributed by atoms with E-state index >= 15 is 0 Å². The minimum Gasteiger partial charge on any atom is -0.456 e. The van der Waals surface area contributed by atoms with Crippen molar-refractivity contribution in [2.45, 2.75) is 0 Å². The molecule has 0 amide bonds. The van der Waals surface area contributed by atoms with Gasteiger partial charge in [-0.15, -0.1) is 11.3 Å². The average Bonchev–Trinajstić information content (AvgIpc) is 3.69. The highest BCUT2D eigenvalue weighted by atomic mass is 32.1. The first kappa shape index (κ1) is 26.3. The van der Waals surface area contributed by atoms with Gasteiger partial charge in [-0.1, -0.05) is 115 Å². The fourth-order valence-corrected chi connectivity index (χ4v) is 8.46. The number of para-hydroxylation sites is 1. The molecule has 0 saturated heterocycles. The molecule has 0 fully saturated rings. The second kappa shape index (κ2) is 10.3. The summed E-state index contributed by atoms with van der Waals surface area (Å²) in [5.41, 5.74) is 7.69. The van der Waals surface area contributed by atoms with Gasteiger partial charge in [0.25, 0.3) is 0 Å². The zero-order chi connectivity index (χ0) is 30.9. The van der Waals surface area contributed by atoms with E-state index in [1.54, 1.807) is 0 Å². The quantitative estimate of drug-likeness (QED) is 0.195. The Morgan fingerprint density at radius 1 is 0.426 bits per heavy atom. The van der Waals surface area contributed by atoms with Crippen molar-refractivity contribution in [1.82, 2.24) is 0 Å². The van der Waals surface area contributed by atoms with Gasteiger partial charge >= 0.3 is 0 Å². The molecule has 10 aromatic rings. The second-order valence-corrected chi connectivity index (χ2v) is 13.2. The number of thiophene rings is 1. The Labute approximate surface area is 275 Å². The highest BCUT2D eigenvalue weighted by Crippen LogP contribution is 2.47. The van der Waals surface area contributed by atoms with Crippen molar-refractivity contribution >= 4 is 92.1 Å². The zero-order valence-electron chi connectivity index (χ0n) is 25.4. The van der Waals surface area contributed by atoms with Crippen LogP contribution in [0.3, 0.4) is 0 Å². The van der Waals surface area contributed by atoms with Crippen LogP contribution in [-0.2, 0) is 0 Å². The van der Waals surface area contributed by atoms with Gasteiger partial charge in [0.05, 0.1) is 16.1 Å². The summed E-state index contributed by atoms with van der Waals surface area (Å²) >= 11 is 1.86. The standard InChI is InChI=1S/C44H27NOS/c1-2-13-32-28(10-1)11-7-16-33(32)29-22-24-31(25-23-29)45(40-19-9-17-36-35-15-4-6-21-43(35)47-44(36)40)39-18-8-12-30-26-42-38(27-37(30)39)34-14-3-5-20-41(34)46-42/h1-27H. The summed E-state index contributed by atoms with van der Waals surface area (Å²) in [4.78, 5) is 2.45. The van der Waals surface area contributed by atoms with E-state index in [0.717, 1.165) is 38.7 Å². The molecule has 0 aliphatic rings. The summed E-state index contributed by atoms with van der Waals surface area (Å²) in [5, 5.41) is 9.69. The minimum absolute atomic E-state index is 0.911. The Morgan fingerprint density at radius 2 is 1.11 bits per heavy atom. The van der Waals surface area contributed by atoms with E-state index in [0.29, 0.717) is 0 Å². The molecule has 0 saturated carbocycles. The molecule has 47 heavy (non-hydrogen) atoms. The van der Waals surface area contributed by atoms with Gasteiger partial charge < -0.3 is 9.32 Å². The van der Waals surface area contributed by atoms with Crippen molar-refractivity contribution in [1.29, 1.82) is 0 Å². The summed E-state index contributed by atoms with van der Waals surface area (Å²) in [7, 11) is 0. The first-order valence-electron chi connectivity index (χ1n) is 15.9. The molecule has 0 radical (unpaired) electrons. The van der Waals surface area contributed by atoms with Crippen LogP contribution >= 0.6 is 11.3 Å². The smallest absolute Gasteiger partial charge is 0.136 e. The van der Waals surface area contributed by atoms with Crippen LogP contribution in [-0.4, -0.2) is 0 Å². The number of fused-ring (bicyclic) bond motifs is 8. The number of anilines is 3. The third kappa shape index (κ3) is 4.10. The molecule has 0 aliphatic heterocycles. The maximum atomic E-state index is 6.30. The topological polar surface area (TPSA) is 16.4 Å². The first-order valence-corrected chi connectivity index (χ1v) is 16.7. The highest BCUT2D eigenvalue weighted by Gasteiger charge is 2.21. The average molecular weight is 618 g/mol. The van der Waals surface area contributed by atoms with E-state index in [2.05, 4.69) is 157 Å². The fourth-order valence-electron chi connectivity index (χ4n) is 7.26. The molecule has 0 atom stereocenters. The van der Waals surface area contributed by atoms with Crippen molar-refractivity contribution in [3.8, 4) is 11.1 Å². The molecule has 3 heteroatoms. The monoisotopic (exact) mass is 617 g/mol. The Hall–Kier alpha value is -5.90. The summed E-state index contributed by atoms with van der Waals surface area (Å²) < 4.78 is 8.87. The number of nitrogens with zero attached hydrogens (tertiary/aromatic N) is 1. The van der Waals surface area contributed by atoms with Gasteiger partial charge in [0.15, 0.2) is 0 Å². The van der Waals surface area contributed by atoms with Crippen LogP contribution in [0.15, 0.2) is 168 Å². The second-order valence-electron chi connectivity index (χ2n) is 12.1. The number of benzene rings is 8. The third-order valence-electron chi connectivity index (χ3n) is 9.45. The maximum Gasteiger partial charge on any atom is 0.136 e. The van der Waals surface area contributed by atoms with Crippen LogP contribution < -0.4 is 4.90 Å². The molecule has 0 unspecified atom stereocenters. The van der Waals surface area contributed by atoms with Gasteiger partial charge in [0.1, 0.15) is 11.2 Å². The van der Waals surface area contributed by atoms with Gasteiger partial charge in [0.2, 0.25) is 0 Å². The first-order chi connectivity index (χ1) is 23.3. The van der Waals surface area contributed by atoms with Crippen LogP contribution in [0.25, 0.3) is 74.8 Å². The maximum absolute atomic E-state index is 6.30. The van der Waals surface area contributed by atoms with E-state index in [1.165, 1.54) is 53.1 Å². The van der Waals surface area contributed by atoms with Gasteiger partial charge in [-0.25, -0.2) is 0 Å². The van der Waals surface area contributed by atoms with Crippen molar-refractivity contribution in [3.05, 3.63) is 164 Å². The van der Waals surface area contributed by atoms with Crippen LogP contribution in [0.5, 0.6) is 0 Å². The molecule has 2 heterocycles. The van der Waals surface area contributed by atoms with Gasteiger partial charge in [-0.05, 0) is 75.8 Å². The molecule has 8 aromatic carbocycles. The molecule has 2 aromatic heterocycles. The largest absolute Gasteiger partial charge is 0.456 e. The Balaban J connectivity index is 1.23. The van der Waals surface area contributed by atoms with Gasteiger partial charge in [-0.2, -0.15) is 0 Å². The zero-order valence-corrected chi connectivity index (χ0v) is 26.2. The molecule has 0 N–H and O–H groups in total. The van der Waals surface area contributed by atoms with Crippen LogP contribution in [0, 0.1) is 0 Å². The molecule has 0 spiro atoms. The van der Waals surface area contributed by atoms with Gasteiger partial charge in [-0.3, -0.25) is 0 Å². The highest BCUT2D eigenvalue weighted by molar-refractivity contribution is 7.26. The molecular formula is C44H27NOS. The lowest BCUT2D eigenvalue weighted by Crippen LogP contribution is -2.10. The fraction of sp³-hybridized carbons (Fsp3) is 0. The van der Waals surface area contributed by atoms with Crippen LogP contribution in [0.4, 0.5) is 17.1 Å². The predicted octanol–water partition coefficient (Wildman–Crippen LogP) is 13.4. The molecule has 0 aliphatic carbocycles. The van der Waals surface area contributed by atoms with Crippen molar-refractivity contribution < 1.29 is 4.42 Å². The van der Waals surface area contributed by atoms with Gasteiger partial charge in [0, 0.05) is 37.3 Å². The number of rotatable bonds is 4. The minimum atomic E-state index is 0.911. The number of hydrogen-bond donors (Lipinski definition) is 0.